The summed E-state index contributed by atoms with van der Waals surface area (Å²) in [7, 11) is 0. The van der Waals surface area contributed by atoms with Gasteiger partial charge >= 0.3 is 29.8 Å². The number of esters is 5. The van der Waals surface area contributed by atoms with E-state index in [-0.39, 0.29) is 55.5 Å². The molecule has 35 rings (SSSR count). The van der Waals surface area contributed by atoms with Crippen LogP contribution in [0.3, 0.4) is 0 Å². The Kier molecular flexibility index (Phi) is 12.2. The van der Waals surface area contributed by atoms with Gasteiger partial charge in [0.1, 0.15) is 28.0 Å². The molecule has 0 heterocycles. The minimum absolute atomic E-state index is 0.0547. The summed E-state index contributed by atoms with van der Waals surface area (Å²) in [5.74, 6) is 23.7. The summed E-state index contributed by atoms with van der Waals surface area (Å²) in [5.41, 5.74) is -9.12. The Morgan fingerprint density at radius 2 is 0.373 bits per heavy atom. The van der Waals surface area contributed by atoms with Gasteiger partial charge in [0.2, 0.25) is 0 Å². The Balaban J connectivity index is 0.592. The zero-order valence-electron chi connectivity index (χ0n) is 63.5. The molecule has 0 aliphatic heterocycles. The van der Waals surface area contributed by atoms with Crippen molar-refractivity contribution in [3.8, 4) is 0 Å². The lowest BCUT2D eigenvalue weighted by molar-refractivity contribution is -0.271. The maximum Gasteiger partial charge on any atom is 0.312 e. The van der Waals surface area contributed by atoms with Gasteiger partial charge in [-0.25, -0.2) is 0 Å². The topological polar surface area (TPSA) is 132 Å². The normalized spacial score (nSPS) is 59.9. The number of hydrogen-bond donors (Lipinski definition) is 0. The van der Waals surface area contributed by atoms with Crippen molar-refractivity contribution in [2.75, 3.05) is 0 Å². The molecule has 0 radical (unpaired) electrons. The zero-order valence-corrected chi connectivity index (χ0v) is 63.5. The van der Waals surface area contributed by atoms with Crippen LogP contribution in [0.4, 0.5) is 0 Å². The summed E-state index contributed by atoms with van der Waals surface area (Å²) >= 11 is 0. The van der Waals surface area contributed by atoms with Gasteiger partial charge < -0.3 is 23.7 Å². The molecule has 35 fully saturated rings. The predicted molar refractivity (Wildman–Crippen MR) is 380 cm³/mol. The predicted octanol–water partition coefficient (Wildman–Crippen LogP) is 18.0. The van der Waals surface area contributed by atoms with E-state index in [0.717, 1.165) is 215 Å². The highest BCUT2D eigenvalue weighted by Crippen LogP contribution is 2.79. The van der Waals surface area contributed by atoms with Gasteiger partial charge in [0, 0.05) is 0 Å². The van der Waals surface area contributed by atoms with Gasteiger partial charge in [-0.15, -0.1) is 0 Å². The van der Waals surface area contributed by atoms with Crippen LogP contribution in [-0.2, 0) is 47.7 Å². The van der Waals surface area contributed by atoms with E-state index in [0.29, 0.717) is 95.2 Å². The summed E-state index contributed by atoms with van der Waals surface area (Å²) in [6.07, 6.45) is 35.5. The Labute approximate surface area is 609 Å². The van der Waals surface area contributed by atoms with Crippen molar-refractivity contribution in [3.63, 3.8) is 0 Å². The Bertz CT molecular complexity index is 3400. The van der Waals surface area contributed by atoms with Crippen LogP contribution in [-0.4, -0.2) is 57.9 Å². The molecule has 10 nitrogen and oxygen atoms in total. The maximum atomic E-state index is 17.4. The Morgan fingerprint density at radius 1 is 0.225 bits per heavy atom. The van der Waals surface area contributed by atoms with Crippen LogP contribution in [0.5, 0.6) is 0 Å². The second-order valence-electron chi connectivity index (χ2n) is 47.9. The second-order valence-corrected chi connectivity index (χ2v) is 47.9. The molecule has 4 atom stereocenters. The number of hydrogen-bond acceptors (Lipinski definition) is 10. The van der Waals surface area contributed by atoms with Crippen LogP contribution in [0.25, 0.3) is 0 Å². The quantitative estimate of drug-likeness (QED) is 0.0910. The van der Waals surface area contributed by atoms with Crippen LogP contribution in [0.15, 0.2) is 0 Å². The molecule has 0 aromatic carbocycles. The molecule has 102 heavy (non-hydrogen) atoms. The van der Waals surface area contributed by atoms with E-state index >= 15 is 24.0 Å². The molecule has 35 aliphatic rings. The van der Waals surface area contributed by atoms with Gasteiger partial charge in [-0.05, 0) is 473 Å². The van der Waals surface area contributed by atoms with Gasteiger partial charge in [-0.1, -0.05) is 6.92 Å². The summed E-state index contributed by atoms with van der Waals surface area (Å²) in [4.78, 5) is 84.1. The molecular weight excluding hydrogens is 1270 g/mol. The standard InChI is InChI=1S/C92H126O10/c1-8-84(4,79(94)99-89-27-66-51-12-44-13-52(66)68(29-89)53(14-44)67(51)28-89)40-86(6,81(96)101-91-33-72-57-18-46-19-58(72)74(35-91)59(20-46)73(57)34-91)42-87(7,82(97)102-92-36-75-60-21-47-22-61(75)77(38-92)62(23-47)76(60)37-92)41-85(5,80(95)100-90-30-69-54-15-45-16-55(69)71(32-90)56(17-45)70(54)31-90)39-83(2,3)78(93)98-88-24-63-48-9-43-10-49(63)65(26-88)50(11-43)64(48)25-88/h43-77H,8-42H2,1-7H3. The molecule has 0 saturated heterocycles. The van der Waals surface area contributed by atoms with Gasteiger partial charge in [0.25, 0.3) is 0 Å². The van der Waals surface area contributed by atoms with Crippen LogP contribution >= 0.6 is 0 Å². The fraction of sp³-hybridized carbons (Fsp3) is 0.946. The van der Waals surface area contributed by atoms with Crippen LogP contribution in [0.2, 0.25) is 0 Å². The van der Waals surface area contributed by atoms with Gasteiger partial charge in [0.05, 0.1) is 27.1 Å². The number of rotatable bonds is 19. The number of carbonyl (C=O) groups is 5. The smallest absolute Gasteiger partial charge is 0.312 e. The molecule has 0 spiro atoms. The molecule has 0 amide bonds. The van der Waals surface area contributed by atoms with E-state index < -0.39 is 55.1 Å². The highest BCUT2D eigenvalue weighted by atomic mass is 16.6. The van der Waals surface area contributed by atoms with Crippen molar-refractivity contribution in [3.05, 3.63) is 0 Å². The van der Waals surface area contributed by atoms with Gasteiger partial charge in [0.15, 0.2) is 0 Å². The lowest BCUT2D eigenvalue weighted by Gasteiger charge is -2.72. The van der Waals surface area contributed by atoms with Crippen molar-refractivity contribution in [2.24, 2.45) is 234 Å². The molecule has 35 saturated carbocycles. The minimum atomic E-state index is -1.46. The summed E-state index contributed by atoms with van der Waals surface area (Å²) < 4.78 is 37.8. The van der Waals surface area contributed by atoms with Crippen LogP contribution in [0, 0.1) is 234 Å². The fourth-order valence-corrected chi connectivity index (χ4v) is 41.1. The average molecular weight is 1390 g/mol. The molecule has 0 aromatic rings. The van der Waals surface area contributed by atoms with E-state index in [1.54, 1.807) is 0 Å². The summed E-state index contributed by atoms with van der Waals surface area (Å²) in [5, 5.41) is 0. The largest absolute Gasteiger partial charge is 0.459 e. The van der Waals surface area contributed by atoms with Crippen molar-refractivity contribution in [1.29, 1.82) is 0 Å². The molecule has 10 heteroatoms. The molecule has 4 unspecified atom stereocenters. The first kappa shape index (κ1) is 63.2. The maximum absolute atomic E-state index is 17.4. The summed E-state index contributed by atoms with van der Waals surface area (Å²) in [6, 6.07) is 0. The van der Waals surface area contributed by atoms with Crippen molar-refractivity contribution < 1.29 is 47.7 Å². The average Bonchev–Trinajstić information content (AvgIpc) is 0.705. The third-order valence-electron chi connectivity index (χ3n) is 42.7. The first-order chi connectivity index (χ1) is 48.7. The van der Waals surface area contributed by atoms with Crippen LogP contribution in [0.1, 0.15) is 273 Å². The van der Waals surface area contributed by atoms with E-state index in [9.17, 15) is 0 Å². The van der Waals surface area contributed by atoms with Crippen molar-refractivity contribution >= 4 is 29.8 Å². The number of carbonyl (C=O) groups excluding carboxylic acids is 5. The highest BCUT2D eigenvalue weighted by molar-refractivity contribution is 5.86. The van der Waals surface area contributed by atoms with Crippen LogP contribution < -0.4 is 0 Å². The lowest BCUT2D eigenvalue weighted by atomic mass is 9.35. The van der Waals surface area contributed by atoms with Crippen molar-refractivity contribution in [1.82, 2.24) is 0 Å². The molecule has 0 aromatic heterocycles. The molecular formula is C92H126O10. The fourth-order valence-electron chi connectivity index (χ4n) is 41.1. The van der Waals surface area contributed by atoms with E-state index in [4.69, 9.17) is 23.7 Å². The van der Waals surface area contributed by atoms with Crippen molar-refractivity contribution in [2.45, 2.75) is 301 Å². The first-order valence-electron chi connectivity index (χ1n) is 44.9. The molecule has 0 N–H and O–H groups in total. The zero-order chi connectivity index (χ0) is 68.4. The first-order valence-corrected chi connectivity index (χ1v) is 44.9. The molecule has 35 aliphatic carbocycles. The van der Waals surface area contributed by atoms with Gasteiger partial charge in [-0.3, -0.25) is 24.0 Å². The summed E-state index contributed by atoms with van der Waals surface area (Å²) in [6.45, 7) is 14.6. The Morgan fingerprint density at radius 3 is 0.549 bits per heavy atom. The molecule has 40 bridgehead atoms. The minimum Gasteiger partial charge on any atom is -0.459 e. The Hall–Kier alpha value is -2.65. The van der Waals surface area contributed by atoms with E-state index in [1.807, 2.05) is 0 Å². The number of ether oxygens (including phenoxy) is 5. The highest BCUT2D eigenvalue weighted by Gasteiger charge is 2.76. The second kappa shape index (κ2) is 19.7. The van der Waals surface area contributed by atoms with E-state index in [1.165, 1.54) is 96.3 Å². The van der Waals surface area contributed by atoms with E-state index in [2.05, 4.69) is 48.5 Å². The third-order valence-corrected chi connectivity index (χ3v) is 42.7. The third kappa shape index (κ3) is 8.08. The monoisotopic (exact) mass is 1390 g/mol. The van der Waals surface area contributed by atoms with Gasteiger partial charge in [-0.2, -0.15) is 0 Å². The lowest BCUT2D eigenvalue weighted by Crippen LogP contribution is -2.69. The molecule has 554 valence electrons. The SMILES string of the molecule is CCC(C)(CC(C)(CC(C)(CC(C)(CC(C)(C)C(=O)OC12CC3C4CC5CC3C(C1)C(C5)C4C2)C(=O)OC12CC3C4CC5CC3C(C1)C(C5)C4C2)C(=O)OC12CC3C4CC5CC3C(C1)C(C5)C4C2)C(=O)OC12CC3C4CC5CC3C(C1)C(C5)C4C2)C(=O)OC12CC3C4CC5CC3C(C1)C(C5)C4C2.